The molecule has 0 heteroatoms. The summed E-state index contributed by atoms with van der Waals surface area (Å²) in [5, 5.41) is 0. The number of hydrogen-bond acceptors (Lipinski definition) is 0. The van der Waals surface area contributed by atoms with Crippen LogP contribution in [0.2, 0.25) is 0 Å². The van der Waals surface area contributed by atoms with Crippen molar-refractivity contribution in [3.05, 3.63) is 41.8 Å². The van der Waals surface area contributed by atoms with Gasteiger partial charge in [0.1, 0.15) is 0 Å². The van der Waals surface area contributed by atoms with Crippen LogP contribution in [0.25, 0.3) is 0 Å². The van der Waals surface area contributed by atoms with Crippen molar-refractivity contribution >= 4 is 0 Å². The highest BCUT2D eigenvalue weighted by Gasteiger charge is 1.95. The van der Waals surface area contributed by atoms with E-state index in [4.69, 9.17) is 0 Å². The molecule has 89 valence electrons. The first-order valence-corrected chi connectivity index (χ1v) is 6.79. The smallest absolute Gasteiger partial charge is 0.00931 e. The van der Waals surface area contributed by atoms with Crippen LogP contribution in [-0.2, 0) is 6.42 Å². The fourth-order valence-corrected chi connectivity index (χ4v) is 1.95. The topological polar surface area (TPSA) is 0 Å². The molecule has 0 nitrogen and oxygen atoms in total. The molecule has 0 bridgehead atoms. The summed E-state index contributed by atoms with van der Waals surface area (Å²) in [7, 11) is 0. The minimum absolute atomic E-state index is 1.21. The maximum atomic E-state index is 2.37. The third-order valence-electron chi connectivity index (χ3n) is 2.96. The molecule has 0 heterocycles. The van der Waals surface area contributed by atoms with Gasteiger partial charge in [-0.15, -0.1) is 0 Å². The van der Waals surface area contributed by atoms with Gasteiger partial charge in [-0.3, -0.25) is 0 Å². The van der Waals surface area contributed by atoms with Crippen LogP contribution in [-0.4, -0.2) is 0 Å². The van der Waals surface area contributed by atoms with Gasteiger partial charge in [0.25, 0.3) is 0 Å². The summed E-state index contributed by atoms with van der Waals surface area (Å²) in [6.45, 7) is 4.49. The van der Waals surface area contributed by atoms with Gasteiger partial charge in [-0.25, -0.2) is 0 Å². The van der Waals surface area contributed by atoms with Crippen LogP contribution in [0.4, 0.5) is 0 Å². The molecule has 0 spiro atoms. The van der Waals surface area contributed by atoms with Crippen molar-refractivity contribution < 1.29 is 0 Å². The first-order chi connectivity index (χ1) is 7.86. The first kappa shape index (κ1) is 13.3. The zero-order valence-corrected chi connectivity index (χ0v) is 10.8. The fraction of sp³-hybridized carbons (Fsp3) is 0.562. The average Bonchev–Trinajstić information content (AvgIpc) is 2.31. The Hall–Kier alpha value is -0.780. The first-order valence-electron chi connectivity index (χ1n) is 6.79. The van der Waals surface area contributed by atoms with Crippen LogP contribution in [0.1, 0.15) is 63.5 Å². The lowest BCUT2D eigenvalue weighted by Gasteiger charge is -2.03. The van der Waals surface area contributed by atoms with Crippen LogP contribution < -0.4 is 0 Å². The van der Waals surface area contributed by atoms with Crippen LogP contribution >= 0.6 is 0 Å². The van der Waals surface area contributed by atoms with Crippen LogP contribution in [0, 0.1) is 6.42 Å². The Morgan fingerprint density at radius 3 is 2.25 bits per heavy atom. The number of hydrogen-bond donors (Lipinski definition) is 0. The maximum Gasteiger partial charge on any atom is -0.00931 e. The molecule has 1 aromatic carbocycles. The van der Waals surface area contributed by atoms with Gasteiger partial charge in [0.2, 0.25) is 0 Å². The molecule has 1 rings (SSSR count). The van der Waals surface area contributed by atoms with E-state index in [0.29, 0.717) is 0 Å². The number of benzene rings is 1. The highest BCUT2D eigenvalue weighted by molar-refractivity contribution is 5.27. The SMILES string of the molecule is CCCCCC[CH]c1ccc(CCC)cc1. The van der Waals surface area contributed by atoms with Crippen LogP contribution in [0.5, 0.6) is 0 Å². The monoisotopic (exact) mass is 217 g/mol. The Morgan fingerprint density at radius 2 is 1.62 bits per heavy atom. The number of aryl methyl sites for hydroxylation is 1. The van der Waals surface area contributed by atoms with E-state index in [0.717, 1.165) is 0 Å². The van der Waals surface area contributed by atoms with E-state index in [1.807, 2.05) is 0 Å². The third kappa shape index (κ3) is 5.34. The molecule has 0 amide bonds. The van der Waals surface area contributed by atoms with Gasteiger partial charge < -0.3 is 0 Å². The summed E-state index contributed by atoms with van der Waals surface area (Å²) in [4.78, 5) is 0. The normalized spacial score (nSPS) is 10.6. The fourth-order valence-electron chi connectivity index (χ4n) is 1.95. The molecule has 0 saturated carbocycles. The summed E-state index contributed by atoms with van der Waals surface area (Å²) in [5.74, 6) is 0. The molecular formula is C16H25. The predicted octanol–water partition coefficient (Wildman–Crippen LogP) is 5.16. The highest BCUT2D eigenvalue weighted by Crippen LogP contribution is 2.12. The van der Waals surface area contributed by atoms with Crippen molar-refractivity contribution in [1.29, 1.82) is 0 Å². The van der Waals surface area contributed by atoms with E-state index in [1.165, 1.54) is 56.1 Å². The van der Waals surface area contributed by atoms with Gasteiger partial charge in [-0.1, -0.05) is 70.2 Å². The molecule has 16 heavy (non-hydrogen) atoms. The average molecular weight is 217 g/mol. The predicted molar refractivity (Wildman–Crippen MR) is 72.6 cm³/mol. The van der Waals surface area contributed by atoms with Crippen molar-refractivity contribution in [2.75, 3.05) is 0 Å². The lowest BCUT2D eigenvalue weighted by atomic mass is 10.0. The second-order valence-corrected chi connectivity index (χ2v) is 4.55. The largest absolute Gasteiger partial charge is 0.0654 e. The second-order valence-electron chi connectivity index (χ2n) is 4.55. The summed E-state index contributed by atoms with van der Waals surface area (Å²) < 4.78 is 0. The van der Waals surface area contributed by atoms with Gasteiger partial charge in [-0.05, 0) is 30.4 Å². The Bertz CT molecular complexity index is 258. The second kappa shape index (κ2) is 8.38. The van der Waals surface area contributed by atoms with Crippen LogP contribution in [0.3, 0.4) is 0 Å². The Labute approximate surface area is 101 Å². The van der Waals surface area contributed by atoms with Gasteiger partial charge in [0.15, 0.2) is 0 Å². The van der Waals surface area contributed by atoms with E-state index in [9.17, 15) is 0 Å². The highest BCUT2D eigenvalue weighted by atomic mass is 14.0. The maximum absolute atomic E-state index is 2.37. The Morgan fingerprint density at radius 1 is 0.875 bits per heavy atom. The molecule has 0 aliphatic heterocycles. The zero-order chi connectivity index (χ0) is 11.6. The Balaban J connectivity index is 2.21. The molecule has 1 aromatic rings. The molecule has 1 radical (unpaired) electrons. The van der Waals surface area contributed by atoms with Crippen molar-refractivity contribution in [2.24, 2.45) is 0 Å². The van der Waals surface area contributed by atoms with Crippen molar-refractivity contribution in [3.8, 4) is 0 Å². The Kier molecular flexibility index (Phi) is 6.96. The molecular weight excluding hydrogens is 192 g/mol. The summed E-state index contributed by atoms with van der Waals surface area (Å²) in [6, 6.07) is 9.04. The molecule has 0 saturated heterocycles. The molecule has 0 atom stereocenters. The van der Waals surface area contributed by atoms with Crippen molar-refractivity contribution in [1.82, 2.24) is 0 Å². The minimum atomic E-state index is 1.21. The zero-order valence-electron chi connectivity index (χ0n) is 10.8. The minimum Gasteiger partial charge on any atom is -0.0654 e. The molecule has 0 unspecified atom stereocenters. The lowest BCUT2D eigenvalue weighted by Crippen LogP contribution is -1.86. The lowest BCUT2D eigenvalue weighted by molar-refractivity contribution is 0.665. The van der Waals surface area contributed by atoms with E-state index in [1.54, 1.807) is 0 Å². The van der Waals surface area contributed by atoms with E-state index >= 15 is 0 Å². The van der Waals surface area contributed by atoms with Crippen molar-refractivity contribution in [2.45, 2.75) is 58.8 Å². The molecule has 0 aliphatic rings. The summed E-state index contributed by atoms with van der Waals surface area (Å²) in [6.07, 6.45) is 11.5. The van der Waals surface area contributed by atoms with E-state index < -0.39 is 0 Å². The molecule has 0 N–H and O–H groups in total. The number of unbranched alkanes of at least 4 members (excludes halogenated alkanes) is 4. The summed E-state index contributed by atoms with van der Waals surface area (Å²) >= 11 is 0. The standard InChI is InChI=1S/C16H25/c1-3-5-6-7-8-10-16-13-11-15(9-4-2)12-14-16/h10-14H,3-9H2,1-2H3. The van der Waals surface area contributed by atoms with E-state index in [-0.39, 0.29) is 0 Å². The third-order valence-corrected chi connectivity index (χ3v) is 2.96. The van der Waals surface area contributed by atoms with Gasteiger partial charge in [0.05, 0.1) is 0 Å². The van der Waals surface area contributed by atoms with Crippen LogP contribution in [0.15, 0.2) is 24.3 Å². The summed E-state index contributed by atoms with van der Waals surface area (Å²) in [5.41, 5.74) is 2.85. The molecule has 0 fully saturated rings. The van der Waals surface area contributed by atoms with Crippen molar-refractivity contribution in [3.63, 3.8) is 0 Å². The van der Waals surface area contributed by atoms with Gasteiger partial charge in [-0.2, -0.15) is 0 Å². The van der Waals surface area contributed by atoms with E-state index in [2.05, 4.69) is 44.5 Å². The number of rotatable bonds is 8. The van der Waals surface area contributed by atoms with Gasteiger partial charge >= 0.3 is 0 Å². The quantitative estimate of drug-likeness (QED) is 0.527. The van der Waals surface area contributed by atoms with Gasteiger partial charge in [0, 0.05) is 0 Å². The molecule has 0 aliphatic carbocycles. The molecule has 0 aromatic heterocycles.